The van der Waals surface area contributed by atoms with Crippen molar-refractivity contribution in [3.63, 3.8) is 0 Å². The Hall–Kier alpha value is -1.82. The van der Waals surface area contributed by atoms with Crippen molar-refractivity contribution in [3.8, 4) is 0 Å². The second kappa shape index (κ2) is 5.01. The quantitative estimate of drug-likeness (QED) is 0.911. The van der Waals surface area contributed by atoms with Gasteiger partial charge in [-0.1, -0.05) is 11.4 Å². The first-order valence-corrected chi connectivity index (χ1v) is 5.86. The number of aryl methyl sites for hydroxylation is 1. The third kappa shape index (κ3) is 2.65. The molecule has 0 aliphatic carbocycles. The summed E-state index contributed by atoms with van der Waals surface area (Å²) in [5.41, 5.74) is 1.22. The molecule has 0 aliphatic rings. The summed E-state index contributed by atoms with van der Waals surface area (Å²) in [6.45, 7) is 1.91. The van der Waals surface area contributed by atoms with Crippen molar-refractivity contribution in [1.82, 2.24) is 9.59 Å². The zero-order chi connectivity index (χ0) is 12.3. The number of nitrogens with one attached hydrogen (secondary N) is 1. The molecule has 1 aromatic heterocycles. The van der Waals surface area contributed by atoms with Crippen LogP contribution in [0.15, 0.2) is 24.3 Å². The molecule has 2 aromatic rings. The van der Waals surface area contributed by atoms with Crippen LogP contribution in [0.4, 0.5) is 10.1 Å². The maximum Gasteiger partial charge on any atom is 0.269 e. The minimum absolute atomic E-state index is 0.261. The van der Waals surface area contributed by atoms with Gasteiger partial charge in [0.15, 0.2) is 0 Å². The first-order valence-electron chi connectivity index (χ1n) is 5.09. The van der Waals surface area contributed by atoms with Gasteiger partial charge in [-0.3, -0.25) is 4.79 Å². The van der Waals surface area contributed by atoms with Gasteiger partial charge < -0.3 is 5.32 Å². The van der Waals surface area contributed by atoms with E-state index in [0.29, 0.717) is 22.7 Å². The molecule has 1 aromatic carbocycles. The highest BCUT2D eigenvalue weighted by atomic mass is 32.1. The molecule has 0 saturated heterocycles. The van der Waals surface area contributed by atoms with E-state index in [1.54, 1.807) is 0 Å². The van der Waals surface area contributed by atoms with Gasteiger partial charge in [-0.25, -0.2) is 4.39 Å². The molecule has 0 radical (unpaired) electrons. The molecule has 0 fully saturated rings. The van der Waals surface area contributed by atoms with Crippen molar-refractivity contribution in [2.45, 2.75) is 13.3 Å². The predicted molar refractivity (Wildman–Crippen MR) is 63.6 cm³/mol. The van der Waals surface area contributed by atoms with Crippen LogP contribution in [0.5, 0.6) is 0 Å². The lowest BCUT2D eigenvalue weighted by molar-refractivity contribution is 0.102. The number of carbonyl (C=O) groups is 1. The van der Waals surface area contributed by atoms with E-state index in [9.17, 15) is 9.18 Å². The normalized spacial score (nSPS) is 10.2. The van der Waals surface area contributed by atoms with E-state index in [0.717, 1.165) is 11.5 Å². The number of benzene rings is 1. The fourth-order valence-corrected chi connectivity index (χ4v) is 1.98. The summed E-state index contributed by atoms with van der Waals surface area (Å²) >= 11 is 1.06. The average Bonchev–Trinajstić information content (AvgIpc) is 2.80. The van der Waals surface area contributed by atoms with Crippen LogP contribution in [0.1, 0.15) is 22.3 Å². The molecule has 4 nitrogen and oxygen atoms in total. The maximum atomic E-state index is 12.7. The van der Waals surface area contributed by atoms with E-state index in [4.69, 9.17) is 0 Å². The van der Waals surface area contributed by atoms with E-state index in [2.05, 4.69) is 14.9 Å². The first-order chi connectivity index (χ1) is 8.20. The smallest absolute Gasteiger partial charge is 0.269 e. The number of hydrogen-bond acceptors (Lipinski definition) is 4. The molecule has 1 amide bonds. The summed E-state index contributed by atoms with van der Waals surface area (Å²) < 4.78 is 16.4. The van der Waals surface area contributed by atoms with Crippen LogP contribution in [0.3, 0.4) is 0 Å². The summed E-state index contributed by atoms with van der Waals surface area (Å²) in [5.74, 6) is -0.597. The molecule has 0 atom stereocenters. The van der Waals surface area contributed by atoms with Crippen LogP contribution < -0.4 is 5.32 Å². The Kier molecular flexibility index (Phi) is 3.43. The summed E-state index contributed by atoms with van der Waals surface area (Å²) in [5, 5.41) is 6.53. The zero-order valence-electron chi connectivity index (χ0n) is 9.11. The maximum absolute atomic E-state index is 12.7. The molecule has 1 N–H and O–H groups in total. The number of anilines is 1. The Morgan fingerprint density at radius 1 is 1.41 bits per heavy atom. The summed E-state index contributed by atoms with van der Waals surface area (Å²) in [6.07, 6.45) is 0.655. The van der Waals surface area contributed by atoms with Gasteiger partial charge in [0.2, 0.25) is 0 Å². The van der Waals surface area contributed by atoms with E-state index in [-0.39, 0.29) is 11.7 Å². The van der Waals surface area contributed by atoms with Gasteiger partial charge >= 0.3 is 0 Å². The number of hydrogen-bond donors (Lipinski definition) is 1. The van der Waals surface area contributed by atoms with Crippen LogP contribution >= 0.6 is 11.5 Å². The van der Waals surface area contributed by atoms with Gasteiger partial charge in [-0.15, -0.1) is 5.10 Å². The Morgan fingerprint density at radius 3 is 2.76 bits per heavy atom. The number of nitrogens with zero attached hydrogens (tertiary/aromatic N) is 2. The largest absolute Gasteiger partial charge is 0.321 e. The third-order valence-electron chi connectivity index (χ3n) is 2.20. The molecule has 88 valence electrons. The van der Waals surface area contributed by atoms with Gasteiger partial charge in [0.05, 0.1) is 5.69 Å². The lowest BCUT2D eigenvalue weighted by Gasteiger charge is -2.03. The summed E-state index contributed by atoms with van der Waals surface area (Å²) in [4.78, 5) is 12.4. The lowest BCUT2D eigenvalue weighted by Crippen LogP contribution is -2.12. The molecule has 0 aliphatic heterocycles. The van der Waals surface area contributed by atoms with E-state index < -0.39 is 0 Å². The third-order valence-corrected chi connectivity index (χ3v) is 2.97. The fraction of sp³-hybridized carbons (Fsp3) is 0.182. The Morgan fingerprint density at radius 2 is 2.12 bits per heavy atom. The molecular formula is C11H10FN3OS. The second-order valence-electron chi connectivity index (χ2n) is 3.36. The van der Waals surface area contributed by atoms with Crippen molar-refractivity contribution >= 4 is 23.1 Å². The molecule has 1 heterocycles. The first kappa shape index (κ1) is 11.7. The molecule has 0 spiro atoms. The van der Waals surface area contributed by atoms with E-state index in [1.807, 2.05) is 6.92 Å². The Balaban J connectivity index is 2.14. The number of halogens is 1. The molecule has 0 unspecified atom stereocenters. The number of amides is 1. The Bertz CT molecular complexity index is 524. The van der Waals surface area contributed by atoms with Gasteiger partial charge in [0.25, 0.3) is 5.91 Å². The molecule has 0 saturated carbocycles. The van der Waals surface area contributed by atoms with Crippen LogP contribution in [0.2, 0.25) is 0 Å². The number of rotatable bonds is 3. The summed E-state index contributed by atoms with van der Waals surface area (Å²) in [7, 11) is 0. The average molecular weight is 251 g/mol. The molecule has 17 heavy (non-hydrogen) atoms. The van der Waals surface area contributed by atoms with Gasteiger partial charge in [-0.05, 0) is 42.2 Å². The minimum atomic E-state index is -0.336. The van der Waals surface area contributed by atoms with Crippen molar-refractivity contribution in [3.05, 3.63) is 40.7 Å². The lowest BCUT2D eigenvalue weighted by atomic mass is 10.2. The molecule has 0 bridgehead atoms. The molecule has 6 heteroatoms. The SMILES string of the molecule is CCc1nnsc1C(=O)Nc1ccc(F)cc1. The molecular weight excluding hydrogens is 241 g/mol. The van der Waals surface area contributed by atoms with Crippen molar-refractivity contribution in [1.29, 1.82) is 0 Å². The molecule has 2 rings (SSSR count). The van der Waals surface area contributed by atoms with Crippen molar-refractivity contribution in [2.24, 2.45) is 0 Å². The van der Waals surface area contributed by atoms with Crippen molar-refractivity contribution < 1.29 is 9.18 Å². The zero-order valence-corrected chi connectivity index (χ0v) is 9.92. The topological polar surface area (TPSA) is 54.9 Å². The van der Waals surface area contributed by atoms with Gasteiger partial charge in [-0.2, -0.15) is 0 Å². The minimum Gasteiger partial charge on any atom is -0.321 e. The standard InChI is InChI=1S/C11H10FN3OS/c1-2-9-10(17-15-14-9)11(16)13-8-5-3-7(12)4-6-8/h3-6H,2H2,1H3,(H,13,16). The van der Waals surface area contributed by atoms with Gasteiger partial charge in [0, 0.05) is 5.69 Å². The number of aromatic nitrogens is 2. The van der Waals surface area contributed by atoms with E-state index in [1.165, 1.54) is 24.3 Å². The second-order valence-corrected chi connectivity index (χ2v) is 4.12. The van der Waals surface area contributed by atoms with Crippen LogP contribution in [0, 0.1) is 5.82 Å². The Labute approximate surface area is 102 Å². The predicted octanol–water partition coefficient (Wildman–Crippen LogP) is 2.49. The highest BCUT2D eigenvalue weighted by Gasteiger charge is 2.14. The monoisotopic (exact) mass is 251 g/mol. The highest BCUT2D eigenvalue weighted by Crippen LogP contribution is 2.15. The van der Waals surface area contributed by atoms with Crippen molar-refractivity contribution in [2.75, 3.05) is 5.32 Å². The van der Waals surface area contributed by atoms with Crippen LogP contribution in [-0.4, -0.2) is 15.5 Å². The van der Waals surface area contributed by atoms with Crippen LogP contribution in [0.25, 0.3) is 0 Å². The summed E-state index contributed by atoms with van der Waals surface area (Å²) in [6, 6.07) is 5.60. The van der Waals surface area contributed by atoms with E-state index >= 15 is 0 Å². The highest BCUT2D eigenvalue weighted by molar-refractivity contribution is 7.08. The number of carbonyl (C=O) groups excluding carboxylic acids is 1. The van der Waals surface area contributed by atoms with Gasteiger partial charge in [0.1, 0.15) is 10.7 Å². The fourth-order valence-electron chi connectivity index (χ4n) is 1.33. The van der Waals surface area contributed by atoms with Crippen LogP contribution in [-0.2, 0) is 6.42 Å².